The summed E-state index contributed by atoms with van der Waals surface area (Å²) in [7, 11) is 0. The molecule has 102 valence electrons. The normalized spacial score (nSPS) is 20.2. The van der Waals surface area contributed by atoms with E-state index in [0.717, 1.165) is 42.8 Å². The second-order valence-corrected chi connectivity index (χ2v) is 5.91. The van der Waals surface area contributed by atoms with Crippen LogP contribution < -0.4 is 4.42 Å². The van der Waals surface area contributed by atoms with E-state index in [-0.39, 0.29) is 5.78 Å². The number of aromatic nitrogens is 1. The zero-order valence-electron chi connectivity index (χ0n) is 11.1. The van der Waals surface area contributed by atoms with Crippen molar-refractivity contribution in [3.05, 3.63) is 23.4 Å². The number of carbonyl (C=O) groups is 1. The third-order valence-electron chi connectivity index (χ3n) is 4.19. The summed E-state index contributed by atoms with van der Waals surface area (Å²) in [5.74, 6) is 1.03. The van der Waals surface area contributed by atoms with Crippen molar-refractivity contribution in [1.29, 1.82) is 0 Å². The molecule has 0 saturated heterocycles. The van der Waals surface area contributed by atoms with Gasteiger partial charge in [-0.2, -0.15) is 0 Å². The minimum Gasteiger partial charge on any atom is -0.294 e. The van der Waals surface area contributed by atoms with Crippen LogP contribution in [-0.2, 0) is 6.42 Å². The Bertz CT molecular complexity index is 483. The number of anilines is 1. The van der Waals surface area contributed by atoms with Gasteiger partial charge in [-0.05, 0) is 37.8 Å². The zero-order chi connectivity index (χ0) is 13.2. The molecule has 0 spiro atoms. The highest BCUT2D eigenvalue weighted by atomic mass is 35.5. The van der Waals surface area contributed by atoms with Gasteiger partial charge in [-0.25, -0.2) is 4.98 Å². The Hall–Kier alpha value is -1.09. The molecule has 1 saturated carbocycles. The molecule has 0 N–H and O–H groups in total. The Kier molecular flexibility index (Phi) is 3.74. The molecule has 4 heteroatoms. The average molecular weight is 279 g/mol. The van der Waals surface area contributed by atoms with Crippen LogP contribution in [0.3, 0.4) is 0 Å². The Morgan fingerprint density at radius 2 is 1.89 bits per heavy atom. The fourth-order valence-corrected chi connectivity index (χ4v) is 3.39. The van der Waals surface area contributed by atoms with Crippen LogP contribution in [0, 0.1) is 0 Å². The SMILES string of the molecule is O=C1CCCc2nc(N(Cl)C3CCCCC3)ccc21. The van der Waals surface area contributed by atoms with E-state index in [2.05, 4.69) is 4.98 Å². The maximum atomic E-state index is 11.8. The van der Waals surface area contributed by atoms with Crippen molar-refractivity contribution < 1.29 is 4.79 Å². The van der Waals surface area contributed by atoms with Gasteiger partial charge in [0.25, 0.3) is 0 Å². The quantitative estimate of drug-likeness (QED) is 0.770. The first-order valence-corrected chi connectivity index (χ1v) is 7.57. The summed E-state index contributed by atoms with van der Waals surface area (Å²) in [6, 6.07) is 4.18. The summed E-state index contributed by atoms with van der Waals surface area (Å²) in [5.41, 5.74) is 1.72. The van der Waals surface area contributed by atoms with E-state index in [1.54, 1.807) is 4.42 Å². The van der Waals surface area contributed by atoms with Gasteiger partial charge in [0.1, 0.15) is 5.82 Å². The maximum Gasteiger partial charge on any atom is 0.164 e. The number of nitrogens with zero attached hydrogens (tertiary/aromatic N) is 2. The van der Waals surface area contributed by atoms with Gasteiger partial charge < -0.3 is 0 Å². The van der Waals surface area contributed by atoms with Gasteiger partial charge in [-0.1, -0.05) is 19.3 Å². The Labute approximate surface area is 119 Å². The van der Waals surface area contributed by atoms with E-state index in [4.69, 9.17) is 11.8 Å². The van der Waals surface area contributed by atoms with Gasteiger partial charge >= 0.3 is 0 Å². The van der Waals surface area contributed by atoms with Crippen molar-refractivity contribution in [2.24, 2.45) is 0 Å². The van der Waals surface area contributed by atoms with Crippen molar-refractivity contribution in [3.8, 4) is 0 Å². The Morgan fingerprint density at radius 3 is 2.68 bits per heavy atom. The number of aryl methyl sites for hydroxylation is 1. The third kappa shape index (κ3) is 2.62. The molecular weight excluding hydrogens is 260 g/mol. The number of fused-ring (bicyclic) bond motifs is 1. The summed E-state index contributed by atoms with van der Waals surface area (Å²) in [6.07, 6.45) is 8.55. The molecule has 0 atom stereocenters. The summed E-state index contributed by atoms with van der Waals surface area (Å²) in [6.45, 7) is 0. The maximum absolute atomic E-state index is 11.8. The first-order chi connectivity index (χ1) is 9.25. The summed E-state index contributed by atoms with van der Waals surface area (Å²) >= 11 is 6.45. The number of carbonyl (C=O) groups excluding carboxylic acids is 1. The molecule has 3 rings (SSSR count). The number of pyridine rings is 1. The van der Waals surface area contributed by atoms with Crippen molar-refractivity contribution in [2.45, 2.75) is 57.4 Å². The molecule has 0 aromatic carbocycles. The van der Waals surface area contributed by atoms with Crippen LogP contribution in [-0.4, -0.2) is 16.8 Å². The lowest BCUT2D eigenvalue weighted by atomic mass is 9.94. The Morgan fingerprint density at radius 1 is 1.11 bits per heavy atom. The van der Waals surface area contributed by atoms with Crippen LogP contribution in [0.25, 0.3) is 0 Å². The van der Waals surface area contributed by atoms with Gasteiger partial charge in [0.05, 0.1) is 5.69 Å². The molecule has 1 aromatic rings. The van der Waals surface area contributed by atoms with Crippen LogP contribution in [0.15, 0.2) is 12.1 Å². The molecule has 1 aromatic heterocycles. The second-order valence-electron chi connectivity index (χ2n) is 5.54. The largest absolute Gasteiger partial charge is 0.294 e. The average Bonchev–Trinajstić information content (AvgIpc) is 2.47. The Balaban J connectivity index is 1.83. The number of Topliss-reactive ketones (excluding diaryl/α,β-unsaturated/α-hetero) is 1. The number of rotatable bonds is 2. The van der Waals surface area contributed by atoms with Crippen molar-refractivity contribution in [1.82, 2.24) is 4.98 Å². The molecule has 2 aliphatic rings. The third-order valence-corrected chi connectivity index (χ3v) is 4.64. The molecule has 1 fully saturated rings. The summed E-state index contributed by atoms with van der Waals surface area (Å²) in [5, 5.41) is 0. The lowest BCUT2D eigenvalue weighted by molar-refractivity contribution is 0.0971. The lowest BCUT2D eigenvalue weighted by Gasteiger charge is -2.30. The van der Waals surface area contributed by atoms with Gasteiger partial charge in [-0.3, -0.25) is 9.21 Å². The zero-order valence-corrected chi connectivity index (χ0v) is 11.8. The smallest absolute Gasteiger partial charge is 0.164 e. The first kappa shape index (κ1) is 12.9. The summed E-state index contributed by atoms with van der Waals surface area (Å²) < 4.78 is 1.79. The molecule has 1 heterocycles. The number of ketones is 1. The van der Waals surface area contributed by atoms with E-state index in [0.29, 0.717) is 12.5 Å². The number of hydrogen-bond acceptors (Lipinski definition) is 3. The molecule has 0 bridgehead atoms. The molecule has 19 heavy (non-hydrogen) atoms. The van der Waals surface area contributed by atoms with Crippen LogP contribution in [0.1, 0.15) is 61.0 Å². The van der Waals surface area contributed by atoms with Gasteiger partial charge in [0, 0.05) is 29.8 Å². The minimum absolute atomic E-state index is 0.221. The van der Waals surface area contributed by atoms with Crippen molar-refractivity contribution in [3.63, 3.8) is 0 Å². The highest BCUT2D eigenvalue weighted by molar-refractivity contribution is 6.25. The highest BCUT2D eigenvalue weighted by Crippen LogP contribution is 2.29. The van der Waals surface area contributed by atoms with Crippen LogP contribution >= 0.6 is 11.8 Å². The van der Waals surface area contributed by atoms with E-state index < -0.39 is 0 Å². The van der Waals surface area contributed by atoms with Crippen LogP contribution in [0.5, 0.6) is 0 Å². The van der Waals surface area contributed by atoms with Crippen molar-refractivity contribution in [2.75, 3.05) is 4.42 Å². The van der Waals surface area contributed by atoms with Crippen LogP contribution in [0.2, 0.25) is 0 Å². The monoisotopic (exact) mass is 278 g/mol. The topological polar surface area (TPSA) is 33.2 Å². The second kappa shape index (κ2) is 5.49. The fraction of sp³-hybridized carbons (Fsp3) is 0.600. The molecule has 2 aliphatic carbocycles. The fourth-order valence-electron chi connectivity index (χ4n) is 3.10. The molecule has 0 unspecified atom stereocenters. The highest BCUT2D eigenvalue weighted by Gasteiger charge is 2.24. The van der Waals surface area contributed by atoms with E-state index in [1.807, 2.05) is 12.1 Å². The van der Waals surface area contributed by atoms with E-state index in [9.17, 15) is 4.79 Å². The predicted octanol–water partition coefficient (Wildman–Crippen LogP) is 3.89. The first-order valence-electron chi connectivity index (χ1n) is 7.24. The van der Waals surface area contributed by atoms with E-state index >= 15 is 0 Å². The van der Waals surface area contributed by atoms with Crippen LogP contribution in [0.4, 0.5) is 5.82 Å². The lowest BCUT2D eigenvalue weighted by Crippen LogP contribution is -2.30. The van der Waals surface area contributed by atoms with Crippen molar-refractivity contribution >= 4 is 23.4 Å². The van der Waals surface area contributed by atoms with Gasteiger partial charge in [0.15, 0.2) is 5.78 Å². The number of hydrogen-bond donors (Lipinski definition) is 0. The van der Waals surface area contributed by atoms with E-state index in [1.165, 1.54) is 19.3 Å². The molecule has 0 radical (unpaired) electrons. The van der Waals surface area contributed by atoms with Gasteiger partial charge in [0.2, 0.25) is 0 Å². The predicted molar refractivity (Wildman–Crippen MR) is 76.7 cm³/mol. The minimum atomic E-state index is 0.221. The molecule has 0 amide bonds. The standard InChI is InChI=1S/C15H19ClN2O/c16-18(11-5-2-1-3-6-11)15-10-9-12-13(17-15)7-4-8-14(12)19/h9-11H,1-8H2. The molecular formula is C15H19ClN2O. The molecule has 0 aliphatic heterocycles. The van der Waals surface area contributed by atoms with Gasteiger partial charge in [-0.15, -0.1) is 0 Å². The molecule has 3 nitrogen and oxygen atoms in total. The number of halogens is 1. The summed E-state index contributed by atoms with van der Waals surface area (Å²) in [4.78, 5) is 16.4.